The summed E-state index contributed by atoms with van der Waals surface area (Å²) < 4.78 is 0. The SMILES string of the molecule is [CH2-]C[Si](C)(C)C.[Na+]. The van der Waals surface area contributed by atoms with Gasteiger partial charge in [0.25, 0.3) is 0 Å². The molecule has 0 aromatic rings. The predicted octanol–water partition coefficient (Wildman–Crippen LogP) is -0.837. The molecule has 0 N–H and O–H groups in total. The third-order valence-electron chi connectivity index (χ3n) is 0.750. The van der Waals surface area contributed by atoms with Gasteiger partial charge in [-0.1, -0.05) is 19.6 Å². The summed E-state index contributed by atoms with van der Waals surface area (Å²) in [4.78, 5) is 0. The van der Waals surface area contributed by atoms with Crippen molar-refractivity contribution in [2.75, 3.05) is 0 Å². The maximum Gasteiger partial charge on any atom is 1.00 e. The molecule has 2 heteroatoms. The maximum absolute atomic E-state index is 3.82. The van der Waals surface area contributed by atoms with Crippen molar-refractivity contribution >= 4 is 8.07 Å². The van der Waals surface area contributed by atoms with E-state index in [4.69, 9.17) is 0 Å². The number of hydrogen-bond acceptors (Lipinski definition) is 0. The molecule has 0 saturated heterocycles. The minimum absolute atomic E-state index is 0. The average molecular weight is 124 g/mol. The Labute approximate surface area is 70.0 Å². The molecule has 0 rings (SSSR count). The van der Waals surface area contributed by atoms with Crippen molar-refractivity contribution in [3.63, 3.8) is 0 Å². The van der Waals surface area contributed by atoms with Gasteiger partial charge < -0.3 is 6.92 Å². The molecule has 0 atom stereocenters. The maximum atomic E-state index is 3.82. The second kappa shape index (κ2) is 4.13. The summed E-state index contributed by atoms with van der Waals surface area (Å²) in [5.41, 5.74) is 0. The molecule has 0 aliphatic carbocycles. The Balaban J connectivity index is 0. The Morgan fingerprint density at radius 3 is 1.43 bits per heavy atom. The Morgan fingerprint density at radius 1 is 1.29 bits per heavy atom. The van der Waals surface area contributed by atoms with Crippen molar-refractivity contribution in [2.45, 2.75) is 25.7 Å². The molecule has 0 heterocycles. The van der Waals surface area contributed by atoms with Gasteiger partial charge in [-0.05, 0) is 0 Å². The zero-order valence-corrected chi connectivity index (χ0v) is 8.91. The molecule has 0 radical (unpaired) electrons. The zero-order valence-electron chi connectivity index (χ0n) is 5.91. The van der Waals surface area contributed by atoms with E-state index < -0.39 is 8.07 Å². The van der Waals surface area contributed by atoms with Crippen LogP contribution in [0.25, 0.3) is 0 Å². The van der Waals surface area contributed by atoms with Gasteiger partial charge in [0.05, 0.1) is 0 Å². The van der Waals surface area contributed by atoms with Crippen molar-refractivity contribution in [1.82, 2.24) is 0 Å². The van der Waals surface area contributed by atoms with Crippen molar-refractivity contribution in [1.29, 1.82) is 0 Å². The largest absolute Gasteiger partial charge is 1.00 e. The predicted molar refractivity (Wildman–Crippen MR) is 33.5 cm³/mol. The van der Waals surface area contributed by atoms with Crippen LogP contribution >= 0.6 is 0 Å². The van der Waals surface area contributed by atoms with Gasteiger partial charge >= 0.3 is 29.6 Å². The third-order valence-corrected chi connectivity index (χ3v) is 2.25. The Hall–Kier alpha value is 1.22. The quantitative estimate of drug-likeness (QED) is 0.316. The first kappa shape index (κ1) is 11.1. The molecule has 0 unspecified atom stereocenters. The summed E-state index contributed by atoms with van der Waals surface area (Å²) >= 11 is 0. The molecule has 0 aromatic carbocycles. The van der Waals surface area contributed by atoms with E-state index in [1.54, 1.807) is 0 Å². The van der Waals surface area contributed by atoms with Crippen LogP contribution in [-0.2, 0) is 0 Å². The van der Waals surface area contributed by atoms with Gasteiger partial charge in [-0.3, -0.25) is 0 Å². The van der Waals surface area contributed by atoms with E-state index in [1.807, 2.05) is 0 Å². The summed E-state index contributed by atoms with van der Waals surface area (Å²) in [5.74, 6) is 0. The molecule has 38 valence electrons. The van der Waals surface area contributed by atoms with Gasteiger partial charge in [0.15, 0.2) is 0 Å². The average Bonchev–Trinajstić information content (AvgIpc) is 1.35. The topological polar surface area (TPSA) is 0 Å². The van der Waals surface area contributed by atoms with E-state index in [2.05, 4.69) is 26.6 Å². The number of rotatable bonds is 1. The van der Waals surface area contributed by atoms with Crippen LogP contribution in [0.3, 0.4) is 0 Å². The Morgan fingerprint density at radius 2 is 1.43 bits per heavy atom. The summed E-state index contributed by atoms with van der Waals surface area (Å²) in [6, 6.07) is 1.16. The normalized spacial score (nSPS) is 10.3. The van der Waals surface area contributed by atoms with Gasteiger partial charge in [0, 0.05) is 8.07 Å². The molecule has 0 spiro atoms. The molecule has 0 bridgehead atoms. The van der Waals surface area contributed by atoms with E-state index in [0.717, 1.165) is 6.04 Å². The van der Waals surface area contributed by atoms with Crippen LogP contribution in [0, 0.1) is 6.92 Å². The molecule has 0 nitrogen and oxygen atoms in total. The molecule has 0 saturated carbocycles. The zero-order chi connectivity index (χ0) is 5.21. The standard InChI is InChI=1S/C5H13Si.Na/c1-5-6(2,3)4;/h1,5H2,2-4H3;/q-1;+1. The number of hydrogen-bond donors (Lipinski definition) is 0. The first-order valence-electron chi connectivity index (χ1n) is 2.35. The first-order chi connectivity index (χ1) is 2.56. The molecule has 0 aliphatic rings. The molecular weight excluding hydrogens is 111 g/mol. The van der Waals surface area contributed by atoms with E-state index in [9.17, 15) is 0 Å². The molecule has 0 amide bonds. The summed E-state index contributed by atoms with van der Waals surface area (Å²) in [7, 11) is -0.742. The Kier molecular flexibility index (Phi) is 6.53. The van der Waals surface area contributed by atoms with Crippen LogP contribution in [0.15, 0.2) is 0 Å². The molecule has 0 fully saturated rings. The van der Waals surface area contributed by atoms with E-state index in [0.29, 0.717) is 0 Å². The van der Waals surface area contributed by atoms with Crippen LogP contribution in [0.5, 0.6) is 0 Å². The second-order valence-electron chi connectivity index (χ2n) is 2.81. The minimum atomic E-state index is -0.742. The summed E-state index contributed by atoms with van der Waals surface area (Å²) in [6.07, 6.45) is 0. The van der Waals surface area contributed by atoms with Gasteiger partial charge in [-0.25, -0.2) is 0 Å². The van der Waals surface area contributed by atoms with Crippen molar-refractivity contribution in [2.24, 2.45) is 0 Å². The molecule has 0 aromatic heterocycles. The van der Waals surface area contributed by atoms with Crippen LogP contribution in [0.4, 0.5) is 0 Å². The van der Waals surface area contributed by atoms with Crippen LogP contribution in [0.1, 0.15) is 0 Å². The molecule has 0 aliphatic heterocycles. The smallest absolute Gasteiger partial charge is 0.346 e. The first-order valence-corrected chi connectivity index (χ1v) is 6.06. The summed E-state index contributed by atoms with van der Waals surface area (Å²) in [6.45, 7) is 10.8. The van der Waals surface area contributed by atoms with Crippen molar-refractivity contribution in [3.05, 3.63) is 6.92 Å². The van der Waals surface area contributed by atoms with E-state index in [1.165, 1.54) is 0 Å². The molecule has 7 heavy (non-hydrogen) atoms. The van der Waals surface area contributed by atoms with E-state index >= 15 is 0 Å². The van der Waals surface area contributed by atoms with Crippen molar-refractivity contribution < 1.29 is 29.6 Å². The van der Waals surface area contributed by atoms with Gasteiger partial charge in [-0.15, -0.1) is 0 Å². The van der Waals surface area contributed by atoms with Gasteiger partial charge in [0.1, 0.15) is 0 Å². The fourth-order valence-corrected chi connectivity index (χ4v) is 0. The molecular formula is C5H13NaSi. The minimum Gasteiger partial charge on any atom is -0.346 e. The second-order valence-corrected chi connectivity index (χ2v) is 8.43. The van der Waals surface area contributed by atoms with Crippen LogP contribution in [-0.4, -0.2) is 8.07 Å². The van der Waals surface area contributed by atoms with Crippen LogP contribution < -0.4 is 29.6 Å². The van der Waals surface area contributed by atoms with Gasteiger partial charge in [-0.2, -0.15) is 6.04 Å². The third kappa shape index (κ3) is 11.0. The monoisotopic (exact) mass is 124 g/mol. The van der Waals surface area contributed by atoms with Crippen molar-refractivity contribution in [3.8, 4) is 0 Å². The van der Waals surface area contributed by atoms with Gasteiger partial charge in [0.2, 0.25) is 0 Å². The summed E-state index contributed by atoms with van der Waals surface area (Å²) in [5, 5.41) is 0. The van der Waals surface area contributed by atoms with E-state index in [-0.39, 0.29) is 29.6 Å². The fourth-order valence-electron chi connectivity index (χ4n) is 0. The fraction of sp³-hybridized carbons (Fsp3) is 0.800. The van der Waals surface area contributed by atoms with Crippen LogP contribution in [0.2, 0.25) is 25.7 Å². The Bertz CT molecular complexity index is 37.8.